The van der Waals surface area contributed by atoms with E-state index in [1.165, 1.54) is 9.79 Å². The zero-order valence-electron chi connectivity index (χ0n) is 11.7. The molecule has 0 aromatic heterocycles. The second kappa shape index (κ2) is 5.75. The van der Waals surface area contributed by atoms with Crippen LogP contribution in [0, 0.1) is 0 Å². The average Bonchev–Trinajstić information content (AvgIpc) is 2.45. The second-order valence-electron chi connectivity index (χ2n) is 5.03. The van der Waals surface area contributed by atoms with E-state index in [9.17, 15) is 9.90 Å². The molecule has 0 aliphatic carbocycles. The molecule has 3 rings (SSSR count). The molecule has 21 heavy (non-hydrogen) atoms. The van der Waals surface area contributed by atoms with Crippen molar-refractivity contribution in [1.29, 1.82) is 0 Å². The molecule has 1 atom stereocenters. The first-order valence-corrected chi connectivity index (χ1v) is 8.18. The van der Waals surface area contributed by atoms with E-state index in [1.54, 1.807) is 42.5 Å². The van der Waals surface area contributed by atoms with E-state index in [0.29, 0.717) is 0 Å². The molecule has 1 heterocycles. The molecule has 0 unspecified atom stereocenters. The van der Waals surface area contributed by atoms with Crippen molar-refractivity contribution in [3.05, 3.63) is 48.0 Å². The third-order valence-corrected chi connectivity index (χ3v) is 5.97. The van der Waals surface area contributed by atoms with Gasteiger partial charge in [-0.25, -0.2) is 0 Å². The summed E-state index contributed by atoms with van der Waals surface area (Å²) in [5.41, 5.74) is 0.858. The summed E-state index contributed by atoms with van der Waals surface area (Å²) in [4.78, 5) is 18.0. The van der Waals surface area contributed by atoms with Gasteiger partial charge in [-0.15, -0.1) is 0 Å². The maximum Gasteiger partial charge on any atom is 0.325 e. The molecule has 0 bridgehead atoms. The van der Waals surface area contributed by atoms with Crippen LogP contribution in [0.3, 0.4) is 0 Å². The molecule has 0 amide bonds. The molecule has 3 nitrogen and oxygen atoms in total. The molecule has 0 spiro atoms. The van der Waals surface area contributed by atoms with Gasteiger partial charge in [0.2, 0.25) is 0 Å². The molecular weight excluding hydrogens is 302 g/mol. The zero-order valence-corrected chi connectivity index (χ0v) is 13.4. The maximum absolute atomic E-state index is 11.6. The van der Waals surface area contributed by atoms with Crippen molar-refractivity contribution in [2.24, 2.45) is 0 Å². The van der Waals surface area contributed by atoms with Gasteiger partial charge >= 0.3 is 5.97 Å². The Bertz CT molecular complexity index is 700. The van der Waals surface area contributed by atoms with Crippen LogP contribution in [0.1, 0.15) is 11.6 Å². The number of carboxylic acids is 1. The van der Waals surface area contributed by atoms with Crippen LogP contribution in [-0.4, -0.2) is 30.1 Å². The predicted molar refractivity (Wildman–Crippen MR) is 85.2 cm³/mol. The summed E-state index contributed by atoms with van der Waals surface area (Å²) < 4.78 is 0. The van der Waals surface area contributed by atoms with E-state index in [2.05, 4.69) is 18.2 Å². The van der Waals surface area contributed by atoms with Gasteiger partial charge in [-0.05, 0) is 37.9 Å². The Labute approximate surface area is 132 Å². The number of nitrogens with zero attached hydrogens (tertiary/aromatic N) is 1. The lowest BCUT2D eigenvalue weighted by Crippen LogP contribution is -2.28. The van der Waals surface area contributed by atoms with Crippen molar-refractivity contribution in [3.63, 3.8) is 0 Å². The van der Waals surface area contributed by atoms with E-state index in [0.717, 1.165) is 15.4 Å². The molecule has 5 heteroatoms. The highest BCUT2D eigenvalue weighted by Gasteiger charge is 2.28. The molecule has 108 valence electrons. The Hall–Kier alpha value is -1.43. The first-order valence-electron chi connectivity index (χ1n) is 6.55. The minimum atomic E-state index is -0.821. The Morgan fingerprint density at radius 3 is 2.24 bits per heavy atom. The molecule has 1 N–H and O–H groups in total. The monoisotopic (exact) mass is 317 g/mol. The minimum absolute atomic E-state index is 0.627. The lowest BCUT2D eigenvalue weighted by atomic mass is 10.1. The molecule has 0 saturated carbocycles. The SMILES string of the molecule is CN(C)[C@H](C(=O)O)c1cccc2c1Sc1ccccc1S2. The van der Waals surface area contributed by atoms with Crippen molar-refractivity contribution in [1.82, 2.24) is 4.90 Å². The summed E-state index contributed by atoms with van der Waals surface area (Å²) in [6.07, 6.45) is 0. The van der Waals surface area contributed by atoms with Crippen LogP contribution < -0.4 is 0 Å². The summed E-state index contributed by atoms with van der Waals surface area (Å²) >= 11 is 3.37. The zero-order chi connectivity index (χ0) is 15.0. The molecule has 0 radical (unpaired) electrons. The smallest absolute Gasteiger partial charge is 0.325 e. The van der Waals surface area contributed by atoms with Crippen LogP contribution in [-0.2, 0) is 4.79 Å². The fourth-order valence-corrected chi connectivity index (χ4v) is 4.83. The maximum atomic E-state index is 11.6. The lowest BCUT2D eigenvalue weighted by molar-refractivity contribution is -0.142. The Morgan fingerprint density at radius 2 is 1.62 bits per heavy atom. The van der Waals surface area contributed by atoms with E-state index < -0.39 is 12.0 Å². The number of benzene rings is 2. The van der Waals surface area contributed by atoms with Gasteiger partial charge in [-0.3, -0.25) is 9.69 Å². The second-order valence-corrected chi connectivity index (χ2v) is 7.17. The van der Waals surface area contributed by atoms with Gasteiger partial charge in [-0.1, -0.05) is 47.8 Å². The van der Waals surface area contributed by atoms with Crippen LogP contribution in [0.25, 0.3) is 0 Å². The number of hydrogen-bond donors (Lipinski definition) is 1. The molecule has 1 aliphatic rings. The highest BCUT2D eigenvalue weighted by molar-refractivity contribution is 8.05. The van der Waals surface area contributed by atoms with Crippen molar-refractivity contribution >= 4 is 29.5 Å². The van der Waals surface area contributed by atoms with Crippen LogP contribution in [0.15, 0.2) is 62.0 Å². The quantitative estimate of drug-likeness (QED) is 0.791. The molecule has 1 aliphatic heterocycles. The van der Waals surface area contributed by atoms with Crippen LogP contribution in [0.2, 0.25) is 0 Å². The van der Waals surface area contributed by atoms with Crippen LogP contribution in [0.5, 0.6) is 0 Å². The number of carbonyl (C=O) groups is 1. The van der Waals surface area contributed by atoms with Gasteiger partial charge in [0.05, 0.1) is 0 Å². The minimum Gasteiger partial charge on any atom is -0.480 e. The van der Waals surface area contributed by atoms with E-state index in [-0.39, 0.29) is 0 Å². The molecule has 0 fully saturated rings. The summed E-state index contributed by atoms with van der Waals surface area (Å²) in [6.45, 7) is 0. The summed E-state index contributed by atoms with van der Waals surface area (Å²) in [5, 5.41) is 9.54. The van der Waals surface area contributed by atoms with Crippen LogP contribution in [0.4, 0.5) is 0 Å². The van der Waals surface area contributed by atoms with Crippen molar-refractivity contribution in [2.75, 3.05) is 14.1 Å². The lowest BCUT2D eigenvalue weighted by Gasteiger charge is -2.26. The average molecular weight is 317 g/mol. The van der Waals surface area contributed by atoms with Crippen molar-refractivity contribution in [2.45, 2.75) is 25.6 Å². The number of hydrogen-bond acceptors (Lipinski definition) is 4. The topological polar surface area (TPSA) is 40.5 Å². The number of likely N-dealkylation sites (N-methyl/N-ethyl adjacent to an activating group) is 1. The normalized spacial score (nSPS) is 14.4. The predicted octanol–water partition coefficient (Wildman–Crippen LogP) is 3.99. The summed E-state index contributed by atoms with van der Waals surface area (Å²) in [6, 6.07) is 13.5. The van der Waals surface area contributed by atoms with Gasteiger partial charge in [0, 0.05) is 19.6 Å². The Morgan fingerprint density at radius 1 is 1.00 bits per heavy atom. The van der Waals surface area contributed by atoms with Crippen LogP contribution >= 0.6 is 23.5 Å². The van der Waals surface area contributed by atoms with Gasteiger partial charge in [0.1, 0.15) is 6.04 Å². The first-order chi connectivity index (χ1) is 10.1. The van der Waals surface area contributed by atoms with Gasteiger partial charge in [-0.2, -0.15) is 0 Å². The van der Waals surface area contributed by atoms with Gasteiger partial charge in [0.25, 0.3) is 0 Å². The van der Waals surface area contributed by atoms with E-state index in [4.69, 9.17) is 0 Å². The number of aliphatic carboxylic acids is 1. The first kappa shape index (κ1) is 14.5. The standard InChI is InChI=1S/C16H15NO2S2/c1-17(2)14(16(18)19)10-6-5-9-13-15(10)21-12-8-4-3-7-11(12)20-13/h3-9,14H,1-2H3,(H,18,19)/t14-/m0/s1. The number of fused-ring (bicyclic) bond motifs is 2. The number of carboxylic acid groups (broad SMARTS) is 1. The Balaban J connectivity index is 2.09. The van der Waals surface area contributed by atoms with Crippen molar-refractivity contribution < 1.29 is 9.90 Å². The van der Waals surface area contributed by atoms with Crippen molar-refractivity contribution in [3.8, 4) is 0 Å². The fourth-order valence-electron chi connectivity index (χ4n) is 2.42. The molecular formula is C16H15NO2S2. The van der Waals surface area contributed by atoms with E-state index >= 15 is 0 Å². The summed E-state index contributed by atoms with van der Waals surface area (Å²) in [7, 11) is 3.60. The third-order valence-electron chi connectivity index (χ3n) is 3.34. The fraction of sp³-hybridized carbons (Fsp3) is 0.188. The van der Waals surface area contributed by atoms with Gasteiger partial charge < -0.3 is 5.11 Å². The number of rotatable bonds is 3. The molecule has 2 aromatic carbocycles. The summed E-state index contributed by atoms with van der Waals surface area (Å²) in [5.74, 6) is -0.821. The van der Waals surface area contributed by atoms with E-state index in [1.807, 2.05) is 24.3 Å². The third kappa shape index (κ3) is 2.69. The molecule has 0 saturated heterocycles. The molecule has 2 aromatic rings. The Kier molecular flexibility index (Phi) is 3.97. The largest absolute Gasteiger partial charge is 0.480 e. The highest BCUT2D eigenvalue weighted by atomic mass is 32.2. The highest BCUT2D eigenvalue weighted by Crippen LogP contribution is 2.50. The van der Waals surface area contributed by atoms with Gasteiger partial charge in [0.15, 0.2) is 0 Å².